The van der Waals surface area contributed by atoms with Crippen LogP contribution in [0.25, 0.3) is 22.9 Å². The first-order valence-corrected chi connectivity index (χ1v) is 6.14. The fourth-order valence-electron chi connectivity index (χ4n) is 2.74. The minimum absolute atomic E-state index is 1.03. The molecule has 0 saturated heterocycles. The Kier molecular flexibility index (Phi) is 2.36. The lowest BCUT2D eigenvalue weighted by Gasteiger charge is -2.08. The Balaban J connectivity index is 2.64. The number of aryl methyl sites for hydroxylation is 2. The van der Waals surface area contributed by atoms with E-state index in [4.69, 9.17) is 0 Å². The second-order valence-corrected chi connectivity index (χ2v) is 4.66. The molecule has 0 saturated carbocycles. The summed E-state index contributed by atoms with van der Waals surface area (Å²) in [4.78, 5) is 0. The number of allylic oxidation sites excluding steroid dienone is 2. The maximum atomic E-state index is 2.34. The highest BCUT2D eigenvalue weighted by Gasteiger charge is 2.05. The third kappa shape index (κ3) is 1.52. The summed E-state index contributed by atoms with van der Waals surface area (Å²) in [6.45, 7) is 4.46. The van der Waals surface area contributed by atoms with Crippen molar-refractivity contribution in [2.24, 2.45) is 0 Å². The lowest BCUT2D eigenvalue weighted by atomic mass is 9.96. The van der Waals surface area contributed by atoms with E-state index in [1.807, 2.05) is 0 Å². The van der Waals surface area contributed by atoms with Crippen molar-refractivity contribution in [3.8, 4) is 0 Å². The van der Waals surface area contributed by atoms with Crippen molar-refractivity contribution in [3.05, 3.63) is 58.0 Å². The number of fused-ring (bicyclic) bond motifs is 2. The summed E-state index contributed by atoms with van der Waals surface area (Å²) in [5.74, 6) is 0. The first-order valence-electron chi connectivity index (χ1n) is 6.14. The first kappa shape index (κ1) is 10.3. The van der Waals surface area contributed by atoms with Crippen molar-refractivity contribution in [2.75, 3.05) is 0 Å². The van der Waals surface area contributed by atoms with Crippen molar-refractivity contribution in [2.45, 2.75) is 20.3 Å². The second kappa shape index (κ2) is 3.89. The Bertz CT molecular complexity index is 731. The Morgan fingerprint density at radius 2 is 1.53 bits per heavy atom. The molecule has 0 unspecified atom stereocenters. The summed E-state index contributed by atoms with van der Waals surface area (Å²) < 4.78 is 0. The Morgan fingerprint density at radius 1 is 0.882 bits per heavy atom. The molecule has 0 fully saturated rings. The van der Waals surface area contributed by atoms with Crippen molar-refractivity contribution >= 4 is 22.9 Å². The van der Waals surface area contributed by atoms with Crippen LogP contribution >= 0.6 is 0 Å². The van der Waals surface area contributed by atoms with Gasteiger partial charge in [0.25, 0.3) is 0 Å². The van der Waals surface area contributed by atoms with E-state index in [9.17, 15) is 0 Å². The molecule has 2 aromatic carbocycles. The van der Waals surface area contributed by atoms with Crippen LogP contribution in [0.1, 0.15) is 17.5 Å². The molecular formula is C17H16. The summed E-state index contributed by atoms with van der Waals surface area (Å²) in [6.07, 6.45) is 9.99. The van der Waals surface area contributed by atoms with Crippen LogP contribution in [0.3, 0.4) is 0 Å². The average Bonchev–Trinajstić information content (AvgIpc) is 2.62. The van der Waals surface area contributed by atoms with E-state index in [1.54, 1.807) is 0 Å². The van der Waals surface area contributed by atoms with Gasteiger partial charge >= 0.3 is 0 Å². The summed E-state index contributed by atoms with van der Waals surface area (Å²) in [6, 6.07) is 8.70. The summed E-state index contributed by atoms with van der Waals surface area (Å²) in [5.41, 5.74) is 2.80. The molecule has 0 aliphatic heterocycles. The molecule has 1 aliphatic rings. The van der Waals surface area contributed by atoms with Gasteiger partial charge < -0.3 is 0 Å². The van der Waals surface area contributed by atoms with Crippen LogP contribution in [0.5, 0.6) is 0 Å². The molecule has 2 aromatic rings. The molecule has 3 rings (SSSR count). The largest absolute Gasteiger partial charge is 0.0807 e. The lowest BCUT2D eigenvalue weighted by molar-refractivity contribution is 1.34. The SMILES string of the molecule is Cc1c2c(c(C)c3ccccc13)=CCC=CC=2. The number of rotatable bonds is 0. The van der Waals surface area contributed by atoms with Crippen LogP contribution in [0, 0.1) is 13.8 Å². The monoisotopic (exact) mass is 220 g/mol. The standard InChI is InChI=1S/C17H16/c1-12-14-8-4-3-5-9-15(14)13(2)17-11-7-6-10-16(12)17/h3-4,6-11H,5H2,1-2H3. The Labute approximate surface area is 102 Å². The van der Waals surface area contributed by atoms with Crippen molar-refractivity contribution in [1.82, 2.24) is 0 Å². The van der Waals surface area contributed by atoms with Crippen LogP contribution in [0.4, 0.5) is 0 Å². The molecule has 0 radical (unpaired) electrons. The molecular weight excluding hydrogens is 204 g/mol. The molecule has 0 heteroatoms. The van der Waals surface area contributed by atoms with Crippen LogP contribution < -0.4 is 10.4 Å². The van der Waals surface area contributed by atoms with Gasteiger partial charge in [-0.05, 0) is 52.6 Å². The van der Waals surface area contributed by atoms with Crippen LogP contribution in [-0.4, -0.2) is 0 Å². The van der Waals surface area contributed by atoms with Crippen molar-refractivity contribution in [3.63, 3.8) is 0 Å². The van der Waals surface area contributed by atoms with Crippen LogP contribution in [0.2, 0.25) is 0 Å². The molecule has 0 nitrogen and oxygen atoms in total. The van der Waals surface area contributed by atoms with E-state index in [1.165, 1.54) is 32.3 Å². The van der Waals surface area contributed by atoms with Gasteiger partial charge in [-0.3, -0.25) is 0 Å². The zero-order valence-electron chi connectivity index (χ0n) is 10.3. The quantitative estimate of drug-likeness (QED) is 0.640. The summed E-state index contributed by atoms with van der Waals surface area (Å²) >= 11 is 0. The predicted octanol–water partition coefficient (Wildman–Crippen LogP) is 2.98. The van der Waals surface area contributed by atoms with Crippen LogP contribution in [0.15, 0.2) is 36.4 Å². The van der Waals surface area contributed by atoms with Crippen molar-refractivity contribution < 1.29 is 0 Å². The summed E-state index contributed by atoms with van der Waals surface area (Å²) in [7, 11) is 0. The zero-order valence-corrected chi connectivity index (χ0v) is 10.3. The number of hydrogen-bond acceptors (Lipinski definition) is 0. The number of hydrogen-bond donors (Lipinski definition) is 0. The topological polar surface area (TPSA) is 0 Å². The number of benzene rings is 2. The van der Waals surface area contributed by atoms with Gasteiger partial charge in [0.2, 0.25) is 0 Å². The molecule has 0 amide bonds. The molecule has 1 aliphatic carbocycles. The highest BCUT2D eigenvalue weighted by Crippen LogP contribution is 2.17. The molecule has 0 bridgehead atoms. The van der Waals surface area contributed by atoms with Crippen molar-refractivity contribution in [1.29, 1.82) is 0 Å². The molecule has 0 spiro atoms. The van der Waals surface area contributed by atoms with Gasteiger partial charge in [-0.15, -0.1) is 0 Å². The van der Waals surface area contributed by atoms with E-state index in [2.05, 4.69) is 62.4 Å². The zero-order chi connectivity index (χ0) is 11.8. The lowest BCUT2D eigenvalue weighted by Crippen LogP contribution is -2.30. The van der Waals surface area contributed by atoms with E-state index in [0.717, 1.165) is 6.42 Å². The van der Waals surface area contributed by atoms with Gasteiger partial charge in [0.15, 0.2) is 0 Å². The van der Waals surface area contributed by atoms with E-state index in [-0.39, 0.29) is 0 Å². The van der Waals surface area contributed by atoms with E-state index in [0.29, 0.717) is 0 Å². The summed E-state index contributed by atoms with van der Waals surface area (Å²) in [5, 5.41) is 5.56. The second-order valence-electron chi connectivity index (χ2n) is 4.66. The third-order valence-electron chi connectivity index (χ3n) is 3.69. The van der Waals surface area contributed by atoms with Gasteiger partial charge in [0.1, 0.15) is 0 Å². The highest BCUT2D eigenvalue weighted by molar-refractivity contribution is 5.89. The Morgan fingerprint density at radius 3 is 2.24 bits per heavy atom. The molecule has 0 heterocycles. The molecule has 84 valence electrons. The van der Waals surface area contributed by atoms with E-state index < -0.39 is 0 Å². The third-order valence-corrected chi connectivity index (χ3v) is 3.69. The molecule has 0 aromatic heterocycles. The van der Waals surface area contributed by atoms with Gasteiger partial charge in [0.05, 0.1) is 0 Å². The maximum absolute atomic E-state index is 2.34. The van der Waals surface area contributed by atoms with Gasteiger partial charge in [-0.25, -0.2) is 0 Å². The van der Waals surface area contributed by atoms with Gasteiger partial charge in [-0.1, -0.05) is 48.6 Å². The van der Waals surface area contributed by atoms with E-state index >= 15 is 0 Å². The average molecular weight is 220 g/mol. The normalized spacial score (nSPS) is 13.8. The van der Waals surface area contributed by atoms with Gasteiger partial charge in [0, 0.05) is 0 Å². The van der Waals surface area contributed by atoms with Gasteiger partial charge in [-0.2, -0.15) is 0 Å². The minimum Gasteiger partial charge on any atom is -0.0807 e. The predicted molar refractivity (Wildman–Crippen MR) is 75.4 cm³/mol. The highest BCUT2D eigenvalue weighted by atomic mass is 14.1. The van der Waals surface area contributed by atoms with Crippen LogP contribution in [-0.2, 0) is 0 Å². The first-order chi connectivity index (χ1) is 8.29. The fourth-order valence-corrected chi connectivity index (χ4v) is 2.74. The molecule has 0 atom stereocenters. The molecule has 17 heavy (non-hydrogen) atoms. The Hall–Kier alpha value is -1.82. The maximum Gasteiger partial charge on any atom is -0.0146 e. The smallest absolute Gasteiger partial charge is 0.0146 e. The fraction of sp³-hybridized carbons (Fsp3) is 0.176. The minimum atomic E-state index is 1.03. The molecule has 0 N–H and O–H groups in total.